The van der Waals surface area contributed by atoms with Crippen molar-refractivity contribution >= 4 is 12.0 Å². The van der Waals surface area contributed by atoms with E-state index in [-0.39, 0.29) is 37.9 Å². The molecule has 0 radical (unpaired) electrons. The Hall–Kier alpha value is -4.54. The van der Waals surface area contributed by atoms with Crippen molar-refractivity contribution in [3.05, 3.63) is 131 Å². The van der Waals surface area contributed by atoms with E-state index in [1.54, 1.807) is 6.92 Å². The van der Waals surface area contributed by atoms with Gasteiger partial charge in [0.25, 0.3) is 0 Å². The lowest BCUT2D eigenvalue weighted by atomic mass is 9.90. The fraction of sp³-hybridized carbons (Fsp3) is 0.333. The Labute approximate surface area is 282 Å². The molecule has 4 atom stereocenters. The van der Waals surface area contributed by atoms with Gasteiger partial charge in [-0.3, -0.25) is 9.69 Å². The van der Waals surface area contributed by atoms with Gasteiger partial charge in [0.2, 0.25) is 0 Å². The van der Waals surface area contributed by atoms with Crippen LogP contribution in [-0.2, 0) is 38.7 Å². The first-order valence-electron chi connectivity index (χ1n) is 16.4. The lowest BCUT2D eigenvalue weighted by Crippen LogP contribution is -2.43. The van der Waals surface area contributed by atoms with E-state index in [1.807, 2.05) is 72.8 Å². The number of carbonyl (C=O) groups excluding carboxylic acids is 2. The van der Waals surface area contributed by atoms with Gasteiger partial charge in [0.15, 0.2) is 6.29 Å². The van der Waals surface area contributed by atoms with Crippen LogP contribution in [0, 0.1) is 5.92 Å². The number of benzene rings is 4. The number of rotatable bonds is 13. The van der Waals surface area contributed by atoms with Crippen LogP contribution in [0.15, 0.2) is 103 Å². The second kappa shape index (κ2) is 17.0. The zero-order valence-corrected chi connectivity index (χ0v) is 27.8. The summed E-state index contributed by atoms with van der Waals surface area (Å²) >= 11 is 0. The SMILES string of the molecule is CCOC(=O)CNC(=O)NCc1cccc(-c2cccc([C@H]3O[C@@H](CN(C)Cc4ccccc4)[C@@H](C)[C@@H](c4ccc(CO)cc4)O3)c2)c1. The number of ether oxygens (including phenoxy) is 3. The predicted octanol–water partition coefficient (Wildman–Crippen LogP) is 6.13. The van der Waals surface area contributed by atoms with E-state index in [0.29, 0.717) is 6.54 Å². The van der Waals surface area contributed by atoms with E-state index in [4.69, 9.17) is 14.2 Å². The summed E-state index contributed by atoms with van der Waals surface area (Å²) in [7, 11) is 2.12. The molecule has 9 heteroatoms. The molecule has 0 unspecified atom stereocenters. The first-order chi connectivity index (χ1) is 23.3. The van der Waals surface area contributed by atoms with Crippen molar-refractivity contribution in [3.63, 3.8) is 0 Å². The highest BCUT2D eigenvalue weighted by atomic mass is 16.7. The molecule has 0 spiro atoms. The van der Waals surface area contributed by atoms with E-state index in [9.17, 15) is 14.7 Å². The maximum Gasteiger partial charge on any atom is 0.325 e. The van der Waals surface area contributed by atoms with Gasteiger partial charge in [-0.1, -0.05) is 97.9 Å². The van der Waals surface area contributed by atoms with Gasteiger partial charge in [0, 0.05) is 31.1 Å². The van der Waals surface area contributed by atoms with E-state index in [0.717, 1.165) is 46.5 Å². The molecule has 3 N–H and O–H groups in total. The molecule has 5 rings (SSSR count). The smallest absolute Gasteiger partial charge is 0.325 e. The van der Waals surface area contributed by atoms with Crippen molar-refractivity contribution in [2.45, 2.75) is 52.0 Å². The summed E-state index contributed by atoms with van der Waals surface area (Å²) < 4.78 is 18.3. The van der Waals surface area contributed by atoms with Crippen LogP contribution < -0.4 is 10.6 Å². The first-order valence-corrected chi connectivity index (χ1v) is 16.4. The molecule has 252 valence electrons. The van der Waals surface area contributed by atoms with Crippen molar-refractivity contribution in [1.82, 2.24) is 15.5 Å². The number of carbonyl (C=O) groups is 2. The van der Waals surface area contributed by atoms with Crippen molar-refractivity contribution in [2.75, 3.05) is 26.7 Å². The standard InChI is InChI=1S/C39H45N3O6/c1-4-46-36(44)23-41-39(45)40-22-30-12-8-13-32(20-30)33-14-9-15-34(21-33)38-47-35(25-42(3)24-28-10-6-5-7-11-28)27(2)37(48-38)31-18-16-29(26-43)17-19-31/h5-21,27,35,37-38,43H,4,22-26H2,1-3H3,(H2,40,41,45)/t27-,35+,37+,38+/m1/s1. The summed E-state index contributed by atoms with van der Waals surface area (Å²) in [5.41, 5.74) is 6.96. The third-order valence-electron chi connectivity index (χ3n) is 8.48. The van der Waals surface area contributed by atoms with Crippen LogP contribution in [-0.4, -0.2) is 54.9 Å². The van der Waals surface area contributed by atoms with Crippen LogP contribution in [0.3, 0.4) is 0 Å². The van der Waals surface area contributed by atoms with Crippen molar-refractivity contribution < 1.29 is 28.9 Å². The Morgan fingerprint density at radius 2 is 1.52 bits per heavy atom. The van der Waals surface area contributed by atoms with Crippen molar-refractivity contribution in [1.29, 1.82) is 0 Å². The van der Waals surface area contributed by atoms with Crippen molar-refractivity contribution in [2.24, 2.45) is 5.92 Å². The molecule has 1 saturated heterocycles. The predicted molar refractivity (Wildman–Crippen MR) is 184 cm³/mol. The lowest BCUT2D eigenvalue weighted by molar-refractivity contribution is -0.276. The summed E-state index contributed by atoms with van der Waals surface area (Å²) in [6.07, 6.45) is -0.903. The van der Waals surface area contributed by atoms with Gasteiger partial charge in [-0.15, -0.1) is 0 Å². The van der Waals surface area contributed by atoms with Crippen LogP contribution in [0.4, 0.5) is 4.79 Å². The van der Waals surface area contributed by atoms with Crippen molar-refractivity contribution in [3.8, 4) is 11.1 Å². The second-order valence-corrected chi connectivity index (χ2v) is 12.2. The molecule has 4 aromatic rings. The second-order valence-electron chi connectivity index (χ2n) is 12.2. The van der Waals surface area contributed by atoms with Gasteiger partial charge in [0.1, 0.15) is 6.54 Å². The maximum atomic E-state index is 12.2. The first kappa shape index (κ1) is 34.8. The number of aliphatic hydroxyl groups excluding tert-OH is 1. The third-order valence-corrected chi connectivity index (χ3v) is 8.48. The molecule has 0 aromatic heterocycles. The Morgan fingerprint density at radius 1 is 0.812 bits per heavy atom. The zero-order valence-electron chi connectivity index (χ0n) is 27.8. The molecule has 1 fully saturated rings. The van der Waals surface area contributed by atoms with E-state index >= 15 is 0 Å². The number of urea groups is 1. The maximum absolute atomic E-state index is 12.2. The number of nitrogens with zero attached hydrogens (tertiary/aromatic N) is 1. The van der Waals surface area contributed by atoms with Crippen LogP contribution in [0.1, 0.15) is 54.1 Å². The minimum absolute atomic E-state index is 0.00721. The van der Waals surface area contributed by atoms with E-state index in [2.05, 4.69) is 59.8 Å². The van der Waals surface area contributed by atoms with Crippen LogP contribution >= 0.6 is 0 Å². The molecule has 1 aliphatic heterocycles. The minimum Gasteiger partial charge on any atom is -0.465 e. The van der Waals surface area contributed by atoms with Crippen LogP contribution in [0.25, 0.3) is 11.1 Å². The molecule has 4 aromatic carbocycles. The molecule has 0 aliphatic carbocycles. The average Bonchev–Trinajstić information content (AvgIpc) is 3.11. The summed E-state index contributed by atoms with van der Waals surface area (Å²) in [5.74, 6) is -0.410. The highest BCUT2D eigenvalue weighted by molar-refractivity contribution is 5.80. The molecular formula is C39H45N3O6. The van der Waals surface area contributed by atoms with Gasteiger partial charge < -0.3 is 30.0 Å². The largest absolute Gasteiger partial charge is 0.465 e. The number of nitrogens with one attached hydrogen (secondary N) is 2. The molecule has 48 heavy (non-hydrogen) atoms. The Balaban J connectivity index is 1.32. The zero-order chi connectivity index (χ0) is 33.9. The average molecular weight is 652 g/mol. The Kier molecular flexibility index (Phi) is 12.3. The summed E-state index contributed by atoms with van der Waals surface area (Å²) in [6, 6.07) is 34.1. The molecule has 0 bridgehead atoms. The fourth-order valence-corrected chi connectivity index (χ4v) is 5.93. The highest BCUT2D eigenvalue weighted by Gasteiger charge is 2.39. The van der Waals surface area contributed by atoms with E-state index < -0.39 is 18.3 Å². The normalized spacial score (nSPS) is 19.1. The third kappa shape index (κ3) is 9.51. The number of esters is 1. The topological polar surface area (TPSA) is 109 Å². The molecular weight excluding hydrogens is 606 g/mol. The molecule has 1 aliphatic rings. The monoisotopic (exact) mass is 651 g/mol. The van der Waals surface area contributed by atoms with Gasteiger partial charge in [-0.2, -0.15) is 0 Å². The Bertz CT molecular complexity index is 1630. The van der Waals surface area contributed by atoms with Gasteiger partial charge >= 0.3 is 12.0 Å². The minimum atomic E-state index is -0.591. The number of likely N-dealkylation sites (N-methyl/N-ethyl adjacent to an activating group) is 1. The van der Waals surface area contributed by atoms with E-state index in [1.165, 1.54) is 5.56 Å². The van der Waals surface area contributed by atoms with Gasteiger partial charge in [-0.25, -0.2) is 4.79 Å². The summed E-state index contributed by atoms with van der Waals surface area (Å²) in [5, 5.41) is 14.9. The van der Waals surface area contributed by atoms with Gasteiger partial charge in [-0.05, 0) is 59.5 Å². The molecule has 0 saturated carbocycles. The van der Waals surface area contributed by atoms with Crippen LogP contribution in [0.5, 0.6) is 0 Å². The molecule has 9 nitrogen and oxygen atoms in total. The quantitative estimate of drug-likeness (QED) is 0.149. The summed E-state index contributed by atoms with van der Waals surface area (Å²) in [6.45, 7) is 5.80. The van der Waals surface area contributed by atoms with Crippen LogP contribution in [0.2, 0.25) is 0 Å². The van der Waals surface area contributed by atoms with Gasteiger partial charge in [0.05, 0.1) is 25.4 Å². The number of hydrogen-bond acceptors (Lipinski definition) is 7. The fourth-order valence-electron chi connectivity index (χ4n) is 5.93. The summed E-state index contributed by atoms with van der Waals surface area (Å²) in [4.78, 5) is 26.0. The number of aliphatic hydroxyl groups is 1. The number of amides is 2. The number of hydrogen-bond donors (Lipinski definition) is 3. The molecule has 2 amide bonds. The lowest BCUT2D eigenvalue weighted by Gasteiger charge is -2.42. The molecule has 1 heterocycles. The Morgan fingerprint density at radius 3 is 2.25 bits per heavy atom. The highest BCUT2D eigenvalue weighted by Crippen LogP contribution is 2.42.